The minimum absolute atomic E-state index is 0.805. The summed E-state index contributed by atoms with van der Waals surface area (Å²) in [7, 11) is 1.89. The maximum atomic E-state index is 12.0. The fourth-order valence-corrected chi connectivity index (χ4v) is 3.68. The van der Waals surface area contributed by atoms with E-state index < -0.39 is 9.83 Å². The van der Waals surface area contributed by atoms with E-state index in [1.807, 2.05) is 54.6 Å². The van der Waals surface area contributed by atoms with Gasteiger partial charge in [0.1, 0.15) is 15.6 Å². The molecule has 0 amide bonds. The molecule has 1 atom stereocenters. The van der Waals surface area contributed by atoms with Crippen molar-refractivity contribution in [2.45, 2.75) is 9.79 Å². The Morgan fingerprint density at radius 1 is 1.00 bits per heavy atom. The van der Waals surface area contributed by atoms with Crippen LogP contribution in [0.15, 0.2) is 64.4 Å². The molecule has 88 valence electrons. The molecule has 2 aromatic rings. The molecule has 0 aromatic heterocycles. The van der Waals surface area contributed by atoms with Crippen LogP contribution in [-0.2, 0) is 9.83 Å². The van der Waals surface area contributed by atoms with E-state index >= 15 is 0 Å². The summed E-state index contributed by atoms with van der Waals surface area (Å²) >= 11 is 0. The molecular weight excluding hydrogens is 252 g/mol. The van der Waals surface area contributed by atoms with E-state index in [0.717, 1.165) is 15.5 Å². The molecule has 0 fully saturated rings. The number of hydrogen-bond acceptors (Lipinski definition) is 3. The molecule has 2 aromatic carbocycles. The quantitative estimate of drug-likeness (QED) is 0.790. The molecular formula is C13H12O2S2. The van der Waals surface area contributed by atoms with Gasteiger partial charge in [-0.25, -0.2) is 4.21 Å². The van der Waals surface area contributed by atoms with Gasteiger partial charge in [0.15, 0.2) is 0 Å². The van der Waals surface area contributed by atoms with Gasteiger partial charge >= 0.3 is 0 Å². The van der Waals surface area contributed by atoms with Crippen LogP contribution in [0.4, 0.5) is 0 Å². The van der Waals surface area contributed by atoms with Crippen LogP contribution in [0.25, 0.3) is 0 Å². The monoisotopic (exact) mass is 264 g/mol. The summed E-state index contributed by atoms with van der Waals surface area (Å²) in [5.74, 6) is 0.805. The summed E-state index contributed by atoms with van der Waals surface area (Å²) < 4.78 is 17.1. The third-order valence-corrected chi connectivity index (χ3v) is 5.05. The molecule has 0 aliphatic rings. The zero-order valence-electron chi connectivity index (χ0n) is 9.33. The molecule has 0 heterocycles. The predicted molar refractivity (Wildman–Crippen MR) is 71.7 cm³/mol. The van der Waals surface area contributed by atoms with Gasteiger partial charge in [-0.3, -0.25) is 0 Å². The van der Waals surface area contributed by atoms with Crippen molar-refractivity contribution in [2.24, 2.45) is 0 Å². The highest BCUT2D eigenvalue weighted by molar-refractivity contribution is 8.69. The smallest absolute Gasteiger partial charge is 0.118 e. The Hall–Kier alpha value is -1.26. The van der Waals surface area contributed by atoms with Crippen LogP contribution < -0.4 is 4.74 Å². The first-order valence-corrected chi connectivity index (χ1v) is 7.57. The van der Waals surface area contributed by atoms with Crippen molar-refractivity contribution in [2.75, 3.05) is 7.11 Å². The molecule has 4 heteroatoms. The van der Waals surface area contributed by atoms with Crippen molar-refractivity contribution in [3.05, 3.63) is 54.6 Å². The normalized spacial score (nSPS) is 12.1. The van der Waals surface area contributed by atoms with Crippen LogP contribution in [0.2, 0.25) is 0 Å². The van der Waals surface area contributed by atoms with Crippen LogP contribution in [0.3, 0.4) is 0 Å². The Kier molecular flexibility index (Phi) is 4.23. The van der Waals surface area contributed by atoms with Crippen LogP contribution >= 0.6 is 10.8 Å². The van der Waals surface area contributed by atoms with Gasteiger partial charge in [0.25, 0.3) is 0 Å². The van der Waals surface area contributed by atoms with Crippen LogP contribution in [0, 0.1) is 0 Å². The molecule has 0 aliphatic carbocycles. The third-order valence-electron chi connectivity index (χ3n) is 2.17. The zero-order chi connectivity index (χ0) is 12.1. The topological polar surface area (TPSA) is 26.3 Å². The number of benzene rings is 2. The SMILES string of the molecule is COc1ccc(SS(=O)c2ccccc2)cc1. The van der Waals surface area contributed by atoms with Crippen molar-refractivity contribution >= 4 is 20.6 Å². The number of hydrogen-bond donors (Lipinski definition) is 0. The van der Waals surface area contributed by atoms with Crippen LogP contribution in [0.5, 0.6) is 5.75 Å². The Labute approximate surface area is 107 Å². The predicted octanol–water partition coefficient (Wildman–Crippen LogP) is 3.51. The minimum atomic E-state index is -1.07. The van der Waals surface area contributed by atoms with E-state index in [9.17, 15) is 4.21 Å². The van der Waals surface area contributed by atoms with Gasteiger partial charge in [0.05, 0.1) is 7.11 Å². The number of rotatable bonds is 4. The fraction of sp³-hybridized carbons (Fsp3) is 0.0769. The van der Waals surface area contributed by atoms with Gasteiger partial charge in [0, 0.05) is 9.79 Å². The highest BCUT2D eigenvalue weighted by atomic mass is 33.1. The molecule has 0 saturated carbocycles. The van der Waals surface area contributed by atoms with Gasteiger partial charge in [0.2, 0.25) is 0 Å². The highest BCUT2D eigenvalue weighted by Crippen LogP contribution is 2.28. The molecule has 0 spiro atoms. The third kappa shape index (κ3) is 3.35. The first kappa shape index (κ1) is 12.2. The van der Waals surface area contributed by atoms with E-state index in [-0.39, 0.29) is 0 Å². The van der Waals surface area contributed by atoms with Gasteiger partial charge in [-0.2, -0.15) is 0 Å². The first-order chi connectivity index (χ1) is 8.29. The lowest BCUT2D eigenvalue weighted by atomic mass is 10.3. The average molecular weight is 264 g/mol. The van der Waals surface area contributed by atoms with Gasteiger partial charge < -0.3 is 4.74 Å². The lowest BCUT2D eigenvalue weighted by Gasteiger charge is -2.03. The maximum absolute atomic E-state index is 12.0. The Morgan fingerprint density at radius 3 is 2.24 bits per heavy atom. The standard InChI is InChI=1S/C13H12O2S2/c1-15-11-7-9-12(10-8-11)16-17(14)13-5-3-2-4-6-13/h2-10H,1H3. The minimum Gasteiger partial charge on any atom is -0.497 e. The molecule has 0 saturated heterocycles. The second kappa shape index (κ2) is 5.89. The molecule has 0 N–H and O–H groups in total. The zero-order valence-corrected chi connectivity index (χ0v) is 11.0. The van der Waals surface area contributed by atoms with E-state index in [1.165, 1.54) is 10.8 Å². The van der Waals surface area contributed by atoms with Crippen molar-refractivity contribution in [3.63, 3.8) is 0 Å². The van der Waals surface area contributed by atoms with Gasteiger partial charge in [-0.05, 0) is 47.2 Å². The van der Waals surface area contributed by atoms with Gasteiger partial charge in [-0.1, -0.05) is 18.2 Å². The molecule has 0 radical (unpaired) electrons. The molecule has 2 rings (SSSR count). The second-order valence-electron chi connectivity index (χ2n) is 3.31. The first-order valence-electron chi connectivity index (χ1n) is 5.09. The largest absolute Gasteiger partial charge is 0.497 e. The van der Waals surface area contributed by atoms with Gasteiger partial charge in [-0.15, -0.1) is 0 Å². The van der Waals surface area contributed by atoms with E-state index in [4.69, 9.17) is 4.74 Å². The van der Waals surface area contributed by atoms with Crippen molar-refractivity contribution in [1.29, 1.82) is 0 Å². The number of methoxy groups -OCH3 is 1. The molecule has 2 nitrogen and oxygen atoms in total. The van der Waals surface area contributed by atoms with E-state index in [2.05, 4.69) is 0 Å². The number of ether oxygens (including phenoxy) is 1. The Bertz CT molecular complexity index is 495. The maximum Gasteiger partial charge on any atom is 0.118 e. The second-order valence-corrected chi connectivity index (χ2v) is 6.29. The Morgan fingerprint density at radius 2 is 1.65 bits per heavy atom. The fourth-order valence-electron chi connectivity index (χ4n) is 1.30. The summed E-state index contributed by atoms with van der Waals surface area (Å²) in [6.45, 7) is 0. The average Bonchev–Trinajstić information content (AvgIpc) is 2.40. The summed E-state index contributed by atoms with van der Waals surface area (Å²) in [5, 5.41) is 0. The van der Waals surface area contributed by atoms with Crippen molar-refractivity contribution < 1.29 is 8.95 Å². The Balaban J connectivity index is 2.08. The summed E-state index contributed by atoms with van der Waals surface area (Å²) in [6.07, 6.45) is 0. The van der Waals surface area contributed by atoms with Crippen molar-refractivity contribution in [3.8, 4) is 5.75 Å². The lowest BCUT2D eigenvalue weighted by molar-refractivity contribution is 0.414. The van der Waals surface area contributed by atoms with E-state index in [0.29, 0.717) is 0 Å². The van der Waals surface area contributed by atoms with Crippen molar-refractivity contribution in [1.82, 2.24) is 0 Å². The molecule has 0 aliphatic heterocycles. The summed E-state index contributed by atoms with van der Waals surface area (Å²) in [5.41, 5.74) is 0. The summed E-state index contributed by atoms with van der Waals surface area (Å²) in [6, 6.07) is 17.0. The lowest BCUT2D eigenvalue weighted by Crippen LogP contribution is -1.85. The van der Waals surface area contributed by atoms with Crippen LogP contribution in [0.1, 0.15) is 0 Å². The van der Waals surface area contributed by atoms with Crippen LogP contribution in [-0.4, -0.2) is 11.3 Å². The molecule has 1 unspecified atom stereocenters. The molecule has 17 heavy (non-hydrogen) atoms. The summed E-state index contributed by atoms with van der Waals surface area (Å²) in [4.78, 5) is 1.79. The van der Waals surface area contributed by atoms with E-state index in [1.54, 1.807) is 7.11 Å². The molecule has 0 bridgehead atoms. The highest BCUT2D eigenvalue weighted by Gasteiger charge is 2.05.